The molecule has 0 aliphatic heterocycles. The molecule has 0 aliphatic carbocycles. The second-order valence-electron chi connectivity index (χ2n) is 3.63. The first-order valence-electron chi connectivity index (χ1n) is 5.20. The number of H-pyrrole nitrogens is 1. The van der Waals surface area contributed by atoms with Gasteiger partial charge in [0.25, 0.3) is 0 Å². The number of nitriles is 1. The molecule has 0 spiro atoms. The van der Waals surface area contributed by atoms with Gasteiger partial charge in [0.1, 0.15) is 0 Å². The standard InChI is InChI=1S/C13H13N3/c14-7-11-2-1-3-12(6-11)8-16-10-13-4-5-15-9-13/h1-6,9,15-16H,8,10H2. The van der Waals surface area contributed by atoms with E-state index in [0.29, 0.717) is 5.56 Å². The van der Waals surface area contributed by atoms with Gasteiger partial charge in [-0.3, -0.25) is 0 Å². The van der Waals surface area contributed by atoms with Gasteiger partial charge < -0.3 is 10.3 Å². The predicted molar refractivity (Wildman–Crippen MR) is 62.5 cm³/mol. The van der Waals surface area contributed by atoms with Crippen LogP contribution in [0.4, 0.5) is 0 Å². The van der Waals surface area contributed by atoms with E-state index < -0.39 is 0 Å². The van der Waals surface area contributed by atoms with Gasteiger partial charge in [-0.15, -0.1) is 0 Å². The van der Waals surface area contributed by atoms with Gasteiger partial charge in [0, 0.05) is 25.5 Å². The maximum Gasteiger partial charge on any atom is 0.0991 e. The van der Waals surface area contributed by atoms with Gasteiger partial charge in [-0.1, -0.05) is 12.1 Å². The zero-order valence-corrected chi connectivity index (χ0v) is 8.90. The first-order valence-corrected chi connectivity index (χ1v) is 5.20. The van der Waals surface area contributed by atoms with Crippen LogP contribution >= 0.6 is 0 Å². The number of aromatic nitrogens is 1. The lowest BCUT2D eigenvalue weighted by atomic mass is 10.1. The fraction of sp³-hybridized carbons (Fsp3) is 0.154. The second kappa shape index (κ2) is 5.15. The fourth-order valence-corrected chi connectivity index (χ4v) is 1.57. The van der Waals surface area contributed by atoms with Crippen LogP contribution in [-0.4, -0.2) is 4.98 Å². The topological polar surface area (TPSA) is 51.6 Å². The molecule has 0 amide bonds. The number of rotatable bonds is 4. The minimum absolute atomic E-state index is 0.709. The Bertz CT molecular complexity index is 480. The lowest BCUT2D eigenvalue weighted by molar-refractivity contribution is 0.694. The van der Waals surface area contributed by atoms with Crippen molar-refractivity contribution in [3.63, 3.8) is 0 Å². The molecule has 1 aromatic heterocycles. The van der Waals surface area contributed by atoms with Crippen LogP contribution in [0.25, 0.3) is 0 Å². The third-order valence-corrected chi connectivity index (χ3v) is 2.38. The van der Waals surface area contributed by atoms with E-state index in [0.717, 1.165) is 18.7 Å². The highest BCUT2D eigenvalue weighted by molar-refractivity contribution is 5.32. The molecule has 0 atom stereocenters. The van der Waals surface area contributed by atoms with Crippen molar-refractivity contribution in [2.75, 3.05) is 0 Å². The average Bonchev–Trinajstić information content (AvgIpc) is 2.82. The minimum atomic E-state index is 0.709. The molecule has 2 aromatic rings. The van der Waals surface area contributed by atoms with Gasteiger partial charge in [-0.05, 0) is 29.3 Å². The maximum atomic E-state index is 8.76. The summed E-state index contributed by atoms with van der Waals surface area (Å²) in [6, 6.07) is 11.8. The van der Waals surface area contributed by atoms with Crippen LogP contribution in [-0.2, 0) is 13.1 Å². The summed E-state index contributed by atoms with van der Waals surface area (Å²) in [5, 5.41) is 12.1. The number of aromatic amines is 1. The summed E-state index contributed by atoms with van der Waals surface area (Å²) in [7, 11) is 0. The summed E-state index contributed by atoms with van der Waals surface area (Å²) >= 11 is 0. The normalized spacial score (nSPS) is 9.94. The largest absolute Gasteiger partial charge is 0.367 e. The quantitative estimate of drug-likeness (QED) is 0.814. The molecule has 0 saturated carbocycles. The lowest BCUT2D eigenvalue weighted by Gasteiger charge is -2.03. The molecule has 3 heteroatoms. The van der Waals surface area contributed by atoms with E-state index in [-0.39, 0.29) is 0 Å². The number of benzene rings is 1. The van der Waals surface area contributed by atoms with Crippen molar-refractivity contribution in [3.8, 4) is 6.07 Å². The zero-order valence-electron chi connectivity index (χ0n) is 8.90. The Morgan fingerprint density at radius 3 is 2.81 bits per heavy atom. The average molecular weight is 211 g/mol. The summed E-state index contributed by atoms with van der Waals surface area (Å²) in [6.07, 6.45) is 3.88. The van der Waals surface area contributed by atoms with E-state index in [1.54, 1.807) is 0 Å². The zero-order chi connectivity index (χ0) is 11.2. The van der Waals surface area contributed by atoms with E-state index in [1.165, 1.54) is 5.56 Å². The molecule has 1 aromatic carbocycles. The molecule has 2 N–H and O–H groups in total. The number of nitrogens with zero attached hydrogens (tertiary/aromatic N) is 1. The second-order valence-corrected chi connectivity index (χ2v) is 3.63. The Kier molecular flexibility index (Phi) is 3.37. The van der Waals surface area contributed by atoms with E-state index in [9.17, 15) is 0 Å². The number of hydrogen-bond acceptors (Lipinski definition) is 2. The maximum absolute atomic E-state index is 8.76. The smallest absolute Gasteiger partial charge is 0.0991 e. The Morgan fingerprint density at radius 2 is 2.06 bits per heavy atom. The third kappa shape index (κ3) is 2.72. The van der Waals surface area contributed by atoms with E-state index in [2.05, 4.69) is 16.4 Å². The summed E-state index contributed by atoms with van der Waals surface area (Å²) in [4.78, 5) is 3.01. The van der Waals surface area contributed by atoms with Crippen LogP contribution in [0.3, 0.4) is 0 Å². The Balaban J connectivity index is 1.88. The molecule has 0 fully saturated rings. The SMILES string of the molecule is N#Cc1cccc(CNCc2cc[nH]c2)c1. The highest BCUT2D eigenvalue weighted by Crippen LogP contribution is 2.04. The van der Waals surface area contributed by atoms with Gasteiger partial charge >= 0.3 is 0 Å². The van der Waals surface area contributed by atoms with Crippen molar-refractivity contribution in [1.29, 1.82) is 5.26 Å². The van der Waals surface area contributed by atoms with Gasteiger partial charge in [0.2, 0.25) is 0 Å². The van der Waals surface area contributed by atoms with E-state index >= 15 is 0 Å². The number of hydrogen-bond donors (Lipinski definition) is 2. The highest BCUT2D eigenvalue weighted by Gasteiger charge is 1.96. The summed E-state index contributed by atoms with van der Waals surface area (Å²) in [5.74, 6) is 0. The summed E-state index contributed by atoms with van der Waals surface area (Å²) in [5.41, 5.74) is 3.08. The molecule has 80 valence electrons. The van der Waals surface area contributed by atoms with Crippen LogP contribution in [0.2, 0.25) is 0 Å². The Hall–Kier alpha value is -2.05. The van der Waals surface area contributed by atoms with Gasteiger partial charge in [-0.2, -0.15) is 5.26 Å². The molecular formula is C13H13N3. The van der Waals surface area contributed by atoms with Crippen molar-refractivity contribution < 1.29 is 0 Å². The van der Waals surface area contributed by atoms with Crippen molar-refractivity contribution >= 4 is 0 Å². The molecular weight excluding hydrogens is 198 g/mol. The highest BCUT2D eigenvalue weighted by atomic mass is 14.9. The molecule has 0 bridgehead atoms. The first kappa shape index (κ1) is 10.5. The molecule has 2 rings (SSSR count). The predicted octanol–water partition coefficient (Wildman–Crippen LogP) is 2.18. The molecule has 0 unspecified atom stereocenters. The van der Waals surface area contributed by atoms with Crippen molar-refractivity contribution in [1.82, 2.24) is 10.3 Å². The van der Waals surface area contributed by atoms with Crippen LogP contribution in [0.1, 0.15) is 16.7 Å². The Labute approximate surface area is 94.7 Å². The monoisotopic (exact) mass is 211 g/mol. The number of nitrogens with one attached hydrogen (secondary N) is 2. The van der Waals surface area contributed by atoms with Crippen molar-refractivity contribution in [3.05, 3.63) is 59.4 Å². The van der Waals surface area contributed by atoms with E-state index in [1.807, 2.05) is 42.7 Å². The third-order valence-electron chi connectivity index (χ3n) is 2.38. The molecule has 1 heterocycles. The van der Waals surface area contributed by atoms with Crippen molar-refractivity contribution in [2.24, 2.45) is 0 Å². The molecule has 0 saturated heterocycles. The van der Waals surface area contributed by atoms with Crippen molar-refractivity contribution in [2.45, 2.75) is 13.1 Å². The summed E-state index contributed by atoms with van der Waals surface area (Å²) < 4.78 is 0. The fourth-order valence-electron chi connectivity index (χ4n) is 1.57. The van der Waals surface area contributed by atoms with Crippen LogP contribution < -0.4 is 5.32 Å². The lowest BCUT2D eigenvalue weighted by Crippen LogP contribution is -2.12. The van der Waals surface area contributed by atoms with Gasteiger partial charge in [-0.25, -0.2) is 0 Å². The first-order chi connectivity index (χ1) is 7.88. The molecule has 0 radical (unpaired) electrons. The minimum Gasteiger partial charge on any atom is -0.367 e. The Morgan fingerprint density at radius 1 is 1.19 bits per heavy atom. The van der Waals surface area contributed by atoms with Gasteiger partial charge in [0.15, 0.2) is 0 Å². The van der Waals surface area contributed by atoms with Gasteiger partial charge in [0.05, 0.1) is 11.6 Å². The molecule has 3 nitrogen and oxygen atoms in total. The van der Waals surface area contributed by atoms with Crippen LogP contribution in [0.5, 0.6) is 0 Å². The van der Waals surface area contributed by atoms with Crippen LogP contribution in [0, 0.1) is 11.3 Å². The van der Waals surface area contributed by atoms with Crippen LogP contribution in [0.15, 0.2) is 42.7 Å². The molecule has 16 heavy (non-hydrogen) atoms. The molecule has 0 aliphatic rings. The van der Waals surface area contributed by atoms with E-state index in [4.69, 9.17) is 5.26 Å². The summed E-state index contributed by atoms with van der Waals surface area (Å²) in [6.45, 7) is 1.61.